The number of hydrogen-bond donors (Lipinski definition) is 6. The fraction of sp³-hybridized carbons (Fsp3) is 0. The summed E-state index contributed by atoms with van der Waals surface area (Å²) in [5.74, 6) is -4.17. The number of hydrogen-bond acceptors (Lipinski definition) is 9. The van der Waals surface area contributed by atoms with E-state index in [0.717, 1.165) is 18.2 Å². The van der Waals surface area contributed by atoms with Crippen LogP contribution in [0.15, 0.2) is 0 Å². The minimum Gasteiger partial charge on any atom is -0.401 e. The van der Waals surface area contributed by atoms with E-state index in [1.54, 1.807) is 0 Å². The molecule has 0 radical (unpaired) electrons. The smallest absolute Gasteiger partial charge is 0.401 e. The summed E-state index contributed by atoms with van der Waals surface area (Å²) < 4.78 is 45.6. The molecule has 0 unspecified atom stereocenters. The zero-order valence-electron chi connectivity index (χ0n) is 12.3. The number of benzene rings is 1. The van der Waals surface area contributed by atoms with E-state index >= 15 is 0 Å². The number of rotatable bonds is 6. The predicted octanol–water partition coefficient (Wildman–Crippen LogP) is -0.284. The van der Waals surface area contributed by atoms with Crippen molar-refractivity contribution in [3.63, 3.8) is 0 Å². The summed E-state index contributed by atoms with van der Waals surface area (Å²) in [6.45, 7) is 0. The number of nitrogens with zero attached hydrogens (tertiary/aromatic N) is 3. The van der Waals surface area contributed by atoms with Gasteiger partial charge in [-0.25, -0.2) is 13.7 Å². The van der Waals surface area contributed by atoms with Crippen LogP contribution in [0.2, 0.25) is 0 Å². The maximum Gasteiger partial charge on any atom is 0.524 e. The molecule has 0 aliphatic rings. The molecule has 1 aromatic rings. The second-order valence-corrected chi connectivity index (χ2v) is 7.68. The van der Waals surface area contributed by atoms with Crippen LogP contribution in [0.3, 0.4) is 0 Å². The minimum absolute atomic E-state index is 1.16. The molecular weight excluding hydrogens is 435 g/mol. The van der Waals surface area contributed by atoms with Crippen molar-refractivity contribution in [2.24, 2.45) is 0 Å². The van der Waals surface area contributed by atoms with Gasteiger partial charge in [-0.1, -0.05) is 0 Å². The first-order chi connectivity index (χ1) is 12.1. The Labute approximate surface area is 148 Å². The molecule has 1 rings (SSSR count). The van der Waals surface area contributed by atoms with E-state index in [9.17, 15) is 13.7 Å². The number of phosphoric acid groups is 3. The Hall–Kier alpha value is -2.46. The normalized spacial score (nSPS) is 11.7. The van der Waals surface area contributed by atoms with Gasteiger partial charge in [0.25, 0.3) is 0 Å². The van der Waals surface area contributed by atoms with Gasteiger partial charge in [0.05, 0.1) is 0 Å². The van der Waals surface area contributed by atoms with Crippen molar-refractivity contribution in [2.45, 2.75) is 0 Å². The zero-order valence-corrected chi connectivity index (χ0v) is 15.0. The highest BCUT2D eigenvalue weighted by Gasteiger charge is 2.36. The summed E-state index contributed by atoms with van der Waals surface area (Å²) >= 11 is 0. The molecule has 0 aliphatic carbocycles. The molecule has 0 fully saturated rings. The van der Waals surface area contributed by atoms with E-state index in [4.69, 9.17) is 45.1 Å². The maximum atomic E-state index is 11.1. The molecule has 27 heavy (non-hydrogen) atoms. The van der Waals surface area contributed by atoms with Crippen LogP contribution in [0.1, 0.15) is 16.7 Å². The van der Waals surface area contributed by atoms with E-state index in [-0.39, 0.29) is 0 Å². The van der Waals surface area contributed by atoms with Gasteiger partial charge in [0.2, 0.25) is 0 Å². The third kappa shape index (κ3) is 6.04. The van der Waals surface area contributed by atoms with E-state index < -0.39 is 57.4 Å². The lowest BCUT2D eigenvalue weighted by atomic mass is 10.0. The van der Waals surface area contributed by atoms with Crippen LogP contribution in [-0.2, 0) is 13.7 Å². The third-order valence-electron chi connectivity index (χ3n) is 2.33. The maximum absolute atomic E-state index is 11.1. The predicted molar refractivity (Wildman–Crippen MR) is 78.6 cm³/mol. The van der Waals surface area contributed by atoms with Gasteiger partial charge in [0.1, 0.15) is 34.9 Å². The van der Waals surface area contributed by atoms with E-state index in [0.29, 0.717) is 0 Å². The van der Waals surface area contributed by atoms with Crippen LogP contribution in [-0.4, -0.2) is 29.4 Å². The van der Waals surface area contributed by atoms with Crippen molar-refractivity contribution in [3.8, 4) is 35.5 Å². The molecule has 0 saturated carbocycles. The van der Waals surface area contributed by atoms with Gasteiger partial charge in [0, 0.05) is 0 Å². The van der Waals surface area contributed by atoms with Crippen molar-refractivity contribution in [3.05, 3.63) is 16.7 Å². The summed E-state index contributed by atoms with van der Waals surface area (Å²) in [5, 5.41) is 27.4. The van der Waals surface area contributed by atoms with Gasteiger partial charge < -0.3 is 13.6 Å². The lowest BCUT2D eigenvalue weighted by Crippen LogP contribution is -2.06. The molecule has 0 aliphatic heterocycles. The molecule has 0 aromatic heterocycles. The van der Waals surface area contributed by atoms with Crippen molar-refractivity contribution in [1.29, 1.82) is 15.8 Å². The molecule has 0 atom stereocenters. The van der Waals surface area contributed by atoms with Crippen LogP contribution in [0.5, 0.6) is 17.2 Å². The molecule has 0 spiro atoms. The van der Waals surface area contributed by atoms with Crippen molar-refractivity contribution in [1.82, 2.24) is 0 Å². The molecule has 0 saturated heterocycles. The molecule has 144 valence electrons. The Morgan fingerprint density at radius 2 is 0.741 bits per heavy atom. The highest BCUT2D eigenvalue weighted by atomic mass is 31.2. The average Bonchev–Trinajstić information content (AvgIpc) is 2.43. The second kappa shape index (κ2) is 7.65. The fourth-order valence-corrected chi connectivity index (χ4v) is 2.88. The van der Waals surface area contributed by atoms with E-state index in [1.165, 1.54) is 0 Å². The molecule has 18 heteroatoms. The number of nitriles is 3. The summed E-state index contributed by atoms with van der Waals surface area (Å²) in [6, 6.07) is 3.48. The van der Waals surface area contributed by atoms with Crippen LogP contribution in [0, 0.1) is 34.0 Å². The van der Waals surface area contributed by atoms with E-state index in [1.807, 2.05) is 0 Å². The summed E-state index contributed by atoms with van der Waals surface area (Å²) in [5.41, 5.74) is -3.69. The molecule has 0 bridgehead atoms. The van der Waals surface area contributed by atoms with Gasteiger partial charge in [-0.3, -0.25) is 29.4 Å². The first kappa shape index (κ1) is 22.6. The van der Waals surface area contributed by atoms with Gasteiger partial charge in [-0.15, -0.1) is 0 Å². The summed E-state index contributed by atoms with van der Waals surface area (Å²) in [4.78, 5) is 53.4. The van der Waals surface area contributed by atoms with Crippen LogP contribution >= 0.6 is 23.5 Å². The Bertz CT molecular complexity index is 891. The quantitative estimate of drug-likeness (QED) is 0.310. The average molecular weight is 441 g/mol. The molecular formula is C9H6N3O12P3. The molecule has 6 N–H and O–H groups in total. The van der Waals surface area contributed by atoms with Crippen molar-refractivity contribution in [2.75, 3.05) is 0 Å². The van der Waals surface area contributed by atoms with Gasteiger partial charge >= 0.3 is 23.5 Å². The highest BCUT2D eigenvalue weighted by Crippen LogP contribution is 2.54. The Kier molecular flexibility index (Phi) is 6.40. The molecule has 0 amide bonds. The van der Waals surface area contributed by atoms with E-state index in [2.05, 4.69) is 13.6 Å². The third-order valence-corrected chi connectivity index (χ3v) is 3.59. The van der Waals surface area contributed by atoms with Crippen molar-refractivity contribution >= 4 is 23.5 Å². The molecule has 1 aromatic carbocycles. The van der Waals surface area contributed by atoms with Gasteiger partial charge in [-0.2, -0.15) is 15.8 Å². The Morgan fingerprint density at radius 1 is 0.556 bits per heavy atom. The SMILES string of the molecule is N#Cc1c(OP(=O)(O)O)c(C#N)c(OP(=O)(O)O)c(C#N)c1OP(=O)(O)O. The molecule has 0 heterocycles. The Morgan fingerprint density at radius 3 is 0.852 bits per heavy atom. The lowest BCUT2D eigenvalue weighted by molar-refractivity contribution is 0.276. The minimum atomic E-state index is -5.52. The standard InChI is InChI=1S/C9H6N3O12P3/c10-1-4-7(22-25(13,14)15)5(2-11)9(24-27(19,20)21)6(3-12)8(4)23-26(16,17)18/h(H2,13,14,15)(H2,16,17,18)(H2,19,20,21). The molecule has 15 nitrogen and oxygen atoms in total. The fourth-order valence-electron chi connectivity index (χ4n) is 1.62. The second-order valence-electron chi connectivity index (χ2n) is 4.19. The number of phosphoric ester groups is 3. The first-order valence-corrected chi connectivity index (χ1v) is 10.4. The lowest BCUT2D eigenvalue weighted by Gasteiger charge is -2.19. The van der Waals surface area contributed by atoms with Crippen LogP contribution in [0.4, 0.5) is 0 Å². The Balaban J connectivity index is 4.15. The first-order valence-electron chi connectivity index (χ1n) is 5.83. The van der Waals surface area contributed by atoms with Crippen LogP contribution < -0.4 is 13.6 Å². The summed E-state index contributed by atoms with van der Waals surface area (Å²) in [6.07, 6.45) is 0. The van der Waals surface area contributed by atoms with Gasteiger partial charge in [-0.05, 0) is 0 Å². The van der Waals surface area contributed by atoms with Crippen molar-refractivity contribution < 1.29 is 56.6 Å². The highest BCUT2D eigenvalue weighted by molar-refractivity contribution is 7.47. The van der Waals surface area contributed by atoms with Crippen LogP contribution in [0.25, 0.3) is 0 Å². The van der Waals surface area contributed by atoms with Gasteiger partial charge in [0.15, 0.2) is 17.2 Å². The topological polar surface area (TPSA) is 272 Å². The largest absolute Gasteiger partial charge is 0.524 e. The monoisotopic (exact) mass is 441 g/mol. The summed E-state index contributed by atoms with van der Waals surface area (Å²) in [7, 11) is -16.6. The zero-order chi connectivity index (χ0) is 21.2.